The second-order valence-electron chi connectivity index (χ2n) is 5.18. The summed E-state index contributed by atoms with van der Waals surface area (Å²) in [4.78, 5) is 28.0. The van der Waals surface area contributed by atoms with Gasteiger partial charge in [0.15, 0.2) is 0 Å². The van der Waals surface area contributed by atoms with Gasteiger partial charge < -0.3 is 14.1 Å². The monoisotopic (exact) mass is 340 g/mol. The van der Waals surface area contributed by atoms with E-state index in [9.17, 15) is 22.8 Å². The maximum Gasteiger partial charge on any atom is 0.417 e. The molecule has 1 fully saturated rings. The van der Waals surface area contributed by atoms with Gasteiger partial charge in [0, 0.05) is 18.3 Å². The summed E-state index contributed by atoms with van der Waals surface area (Å²) in [6, 6.07) is 4.53. The molecule has 0 saturated carbocycles. The van der Waals surface area contributed by atoms with Crippen LogP contribution in [0.5, 0.6) is 5.88 Å². The first-order valence-electron chi connectivity index (χ1n) is 6.91. The molecule has 1 amide bonds. The number of halogens is 3. The maximum atomic E-state index is 12.4. The Labute approximate surface area is 133 Å². The minimum atomic E-state index is -4.45. The van der Waals surface area contributed by atoms with Crippen molar-refractivity contribution in [2.75, 3.05) is 13.1 Å². The Bertz CT molecular complexity index is 775. The van der Waals surface area contributed by atoms with Crippen molar-refractivity contribution in [3.8, 4) is 5.88 Å². The second kappa shape index (κ2) is 5.99. The van der Waals surface area contributed by atoms with Crippen molar-refractivity contribution in [2.45, 2.75) is 12.3 Å². The van der Waals surface area contributed by atoms with Crippen molar-refractivity contribution < 1.29 is 27.1 Å². The zero-order valence-corrected chi connectivity index (χ0v) is 12.1. The van der Waals surface area contributed by atoms with Gasteiger partial charge in [0.05, 0.1) is 24.2 Å². The quantitative estimate of drug-likeness (QED) is 0.854. The molecule has 1 aliphatic heterocycles. The fraction of sp³-hybridized carbons (Fsp3) is 0.267. The van der Waals surface area contributed by atoms with Crippen molar-refractivity contribution in [1.29, 1.82) is 0 Å². The van der Waals surface area contributed by atoms with Crippen LogP contribution in [0, 0.1) is 0 Å². The summed E-state index contributed by atoms with van der Waals surface area (Å²) in [5.74, 6) is -0.259. The lowest BCUT2D eigenvalue weighted by atomic mass is 10.1. The minimum absolute atomic E-state index is 0.0609. The molecular formula is C15H11F3N2O4. The lowest BCUT2D eigenvalue weighted by Gasteiger charge is -2.38. The Balaban J connectivity index is 1.54. The molecule has 3 rings (SSSR count). The van der Waals surface area contributed by atoms with Crippen LogP contribution in [0.15, 0.2) is 45.9 Å². The predicted octanol–water partition coefficient (Wildman–Crippen LogP) is 1.96. The Hall–Kier alpha value is -2.84. The summed E-state index contributed by atoms with van der Waals surface area (Å²) in [6.45, 7) is 0.529. The highest BCUT2D eigenvalue weighted by Crippen LogP contribution is 2.29. The van der Waals surface area contributed by atoms with Crippen molar-refractivity contribution in [1.82, 2.24) is 9.88 Å². The van der Waals surface area contributed by atoms with Crippen molar-refractivity contribution in [3.63, 3.8) is 0 Å². The zero-order chi connectivity index (χ0) is 17.3. The lowest BCUT2D eigenvalue weighted by molar-refractivity contribution is -0.137. The molecule has 2 aromatic rings. The molecular weight excluding hydrogens is 329 g/mol. The summed E-state index contributed by atoms with van der Waals surface area (Å²) >= 11 is 0. The summed E-state index contributed by atoms with van der Waals surface area (Å²) in [6.07, 6.45) is -3.02. The number of pyridine rings is 1. The average molecular weight is 340 g/mol. The molecule has 2 aromatic heterocycles. The van der Waals surface area contributed by atoms with Crippen LogP contribution in [0.25, 0.3) is 0 Å². The van der Waals surface area contributed by atoms with Gasteiger partial charge in [-0.15, -0.1) is 0 Å². The number of alkyl halides is 3. The number of rotatable bonds is 3. The van der Waals surface area contributed by atoms with Gasteiger partial charge in [0.25, 0.3) is 5.91 Å². The molecule has 6 nitrogen and oxygen atoms in total. The van der Waals surface area contributed by atoms with E-state index >= 15 is 0 Å². The van der Waals surface area contributed by atoms with Crippen molar-refractivity contribution in [2.24, 2.45) is 0 Å². The van der Waals surface area contributed by atoms with E-state index < -0.39 is 17.4 Å². The fourth-order valence-corrected chi connectivity index (χ4v) is 2.13. The molecule has 126 valence electrons. The molecule has 1 aliphatic rings. The molecule has 0 atom stereocenters. The van der Waals surface area contributed by atoms with E-state index in [4.69, 9.17) is 4.74 Å². The highest BCUT2D eigenvalue weighted by Gasteiger charge is 2.34. The molecule has 9 heteroatoms. The molecule has 24 heavy (non-hydrogen) atoms. The normalized spacial score (nSPS) is 15.0. The Kier molecular flexibility index (Phi) is 4.00. The van der Waals surface area contributed by atoms with Crippen molar-refractivity contribution >= 4 is 5.91 Å². The van der Waals surface area contributed by atoms with Crippen LogP contribution in [0.1, 0.15) is 15.9 Å². The first-order chi connectivity index (χ1) is 11.3. The molecule has 0 aliphatic carbocycles. The standard InChI is InChI=1S/C15H11F3N2O4/c16-15(17,18)10-2-3-12(19-5-10)24-11-6-20(7-11)14(22)9-1-4-13(21)23-8-9/h1-5,8,11H,6-7H2. The van der Waals surface area contributed by atoms with Gasteiger partial charge in [0.1, 0.15) is 12.4 Å². The summed E-state index contributed by atoms with van der Waals surface area (Å²) in [5.41, 5.74) is -1.17. The highest BCUT2D eigenvalue weighted by molar-refractivity contribution is 5.94. The van der Waals surface area contributed by atoms with E-state index in [0.29, 0.717) is 6.20 Å². The third kappa shape index (κ3) is 3.39. The number of likely N-dealkylation sites (tertiary alicyclic amines) is 1. The van der Waals surface area contributed by atoms with Crippen LogP contribution >= 0.6 is 0 Å². The Morgan fingerprint density at radius 2 is 2.00 bits per heavy atom. The number of ether oxygens (including phenoxy) is 1. The minimum Gasteiger partial charge on any atom is -0.471 e. The van der Waals surface area contributed by atoms with Crippen LogP contribution in [-0.4, -0.2) is 35.0 Å². The largest absolute Gasteiger partial charge is 0.471 e. The molecule has 1 saturated heterocycles. The maximum absolute atomic E-state index is 12.4. The van der Waals surface area contributed by atoms with Gasteiger partial charge in [-0.2, -0.15) is 13.2 Å². The second-order valence-corrected chi connectivity index (χ2v) is 5.18. The third-order valence-electron chi connectivity index (χ3n) is 3.43. The van der Waals surface area contributed by atoms with Gasteiger partial charge in [-0.1, -0.05) is 0 Å². The number of hydrogen-bond acceptors (Lipinski definition) is 5. The van der Waals surface area contributed by atoms with E-state index in [1.807, 2.05) is 0 Å². The first kappa shape index (κ1) is 16.0. The highest BCUT2D eigenvalue weighted by atomic mass is 19.4. The van der Waals surface area contributed by atoms with Crippen LogP contribution < -0.4 is 10.4 Å². The Morgan fingerprint density at radius 3 is 2.54 bits per heavy atom. The van der Waals surface area contributed by atoms with E-state index in [-0.39, 0.29) is 36.5 Å². The van der Waals surface area contributed by atoms with E-state index in [2.05, 4.69) is 9.40 Å². The average Bonchev–Trinajstić information content (AvgIpc) is 2.50. The topological polar surface area (TPSA) is 72.6 Å². The molecule has 0 aromatic carbocycles. The van der Waals surface area contributed by atoms with Gasteiger partial charge in [-0.3, -0.25) is 4.79 Å². The van der Waals surface area contributed by atoms with Gasteiger partial charge >= 0.3 is 11.8 Å². The molecule has 0 radical (unpaired) electrons. The molecule has 0 spiro atoms. The van der Waals surface area contributed by atoms with E-state index in [0.717, 1.165) is 24.5 Å². The Morgan fingerprint density at radius 1 is 1.25 bits per heavy atom. The van der Waals surface area contributed by atoms with Crippen LogP contribution in [0.3, 0.4) is 0 Å². The summed E-state index contributed by atoms with van der Waals surface area (Å²) in [5, 5.41) is 0. The predicted molar refractivity (Wildman–Crippen MR) is 74.5 cm³/mol. The number of amides is 1. The van der Waals surface area contributed by atoms with Crippen molar-refractivity contribution in [3.05, 3.63) is 58.3 Å². The van der Waals surface area contributed by atoms with Gasteiger partial charge in [-0.25, -0.2) is 9.78 Å². The fourth-order valence-electron chi connectivity index (χ4n) is 2.13. The lowest BCUT2D eigenvalue weighted by Crippen LogP contribution is -2.56. The SMILES string of the molecule is O=C(c1ccc(=O)oc1)N1CC(Oc2ccc(C(F)(F)F)cn2)C1. The van der Waals surface area contributed by atoms with E-state index in [1.165, 1.54) is 11.0 Å². The third-order valence-corrected chi connectivity index (χ3v) is 3.43. The van der Waals surface area contributed by atoms with Crippen LogP contribution in [0.2, 0.25) is 0 Å². The molecule has 0 unspecified atom stereocenters. The molecule has 3 heterocycles. The van der Waals surface area contributed by atoms with Gasteiger partial charge in [-0.05, 0) is 12.1 Å². The number of nitrogens with zero attached hydrogens (tertiary/aromatic N) is 2. The molecule has 0 bridgehead atoms. The smallest absolute Gasteiger partial charge is 0.417 e. The summed E-state index contributed by atoms with van der Waals surface area (Å²) in [7, 11) is 0. The zero-order valence-electron chi connectivity index (χ0n) is 12.1. The summed E-state index contributed by atoms with van der Waals surface area (Å²) < 4.78 is 47.3. The number of carbonyl (C=O) groups is 1. The van der Waals surface area contributed by atoms with Gasteiger partial charge in [0.2, 0.25) is 5.88 Å². The number of aromatic nitrogens is 1. The van der Waals surface area contributed by atoms with Crippen LogP contribution in [0.4, 0.5) is 13.2 Å². The molecule has 0 N–H and O–H groups in total. The first-order valence-corrected chi connectivity index (χ1v) is 6.91. The van der Waals surface area contributed by atoms with E-state index in [1.54, 1.807) is 0 Å². The number of carbonyl (C=O) groups excluding carboxylic acids is 1. The van der Waals surface area contributed by atoms with Crippen LogP contribution in [-0.2, 0) is 6.18 Å². The number of hydrogen-bond donors (Lipinski definition) is 0.